The quantitative estimate of drug-likeness (QED) is 0.144. The van der Waals surface area contributed by atoms with Gasteiger partial charge in [-0.05, 0) is 140 Å². The number of rotatable bonds is 12. The van der Waals surface area contributed by atoms with Gasteiger partial charge in [0, 0.05) is 10.8 Å². The van der Waals surface area contributed by atoms with E-state index in [1.807, 2.05) is 0 Å². The lowest BCUT2D eigenvalue weighted by atomic mass is 9.72. The fraction of sp³-hybridized carbons (Fsp3) is 0.529. The maximum absolute atomic E-state index is 11.3. The summed E-state index contributed by atoms with van der Waals surface area (Å²) < 4.78 is 36.0. The molecule has 4 aliphatic carbocycles. The molecule has 4 aromatic carbocycles. The number of fused-ring (bicyclic) bond motifs is 8. The van der Waals surface area contributed by atoms with Gasteiger partial charge in [0.05, 0.1) is 13.2 Å². The van der Waals surface area contributed by atoms with Crippen LogP contribution < -0.4 is 18.9 Å². The first-order valence-corrected chi connectivity index (χ1v) is 21.5. The highest BCUT2D eigenvalue weighted by atomic mass is 16.6. The molecule has 58 heavy (non-hydrogen) atoms. The van der Waals surface area contributed by atoms with Crippen LogP contribution in [0, 0.1) is 0 Å². The second kappa shape index (κ2) is 13.0. The van der Waals surface area contributed by atoms with Gasteiger partial charge in [-0.2, -0.15) is 0 Å². The lowest BCUT2D eigenvalue weighted by Crippen LogP contribution is -2.27. The average molecular weight is 785 g/mol. The lowest BCUT2D eigenvalue weighted by molar-refractivity contribution is 0.0625. The summed E-state index contributed by atoms with van der Waals surface area (Å²) in [6, 6.07) is 26.5. The summed E-state index contributed by atoms with van der Waals surface area (Å²) in [7, 11) is 0. The first kappa shape index (κ1) is 38.2. The molecule has 6 aliphatic rings. The molecular formula is C51H60O7. The van der Waals surface area contributed by atoms with E-state index in [0.29, 0.717) is 13.2 Å². The molecule has 2 saturated heterocycles. The molecule has 0 bridgehead atoms. The minimum absolute atomic E-state index is 0.000849. The van der Waals surface area contributed by atoms with Gasteiger partial charge in [0.2, 0.25) is 0 Å². The van der Waals surface area contributed by atoms with Crippen LogP contribution in [0.15, 0.2) is 72.8 Å². The predicted octanol–water partition coefficient (Wildman–Crippen LogP) is 9.36. The highest BCUT2D eigenvalue weighted by Crippen LogP contribution is 2.65. The maximum atomic E-state index is 11.3. The van der Waals surface area contributed by atoms with Gasteiger partial charge in [-0.15, -0.1) is 0 Å². The van der Waals surface area contributed by atoms with E-state index in [9.17, 15) is 5.11 Å². The van der Waals surface area contributed by atoms with Gasteiger partial charge in [0.25, 0.3) is 0 Å². The van der Waals surface area contributed by atoms with Gasteiger partial charge >= 0.3 is 0 Å². The summed E-state index contributed by atoms with van der Waals surface area (Å²) in [6.07, 6.45) is 3.70. The molecule has 2 heterocycles. The molecule has 2 aliphatic heterocycles. The monoisotopic (exact) mass is 784 g/mol. The van der Waals surface area contributed by atoms with E-state index >= 15 is 0 Å². The third-order valence-electron chi connectivity index (χ3n) is 14.5. The van der Waals surface area contributed by atoms with Gasteiger partial charge in [-0.1, -0.05) is 79.7 Å². The van der Waals surface area contributed by atoms with E-state index in [1.54, 1.807) is 0 Å². The molecule has 0 saturated carbocycles. The van der Waals surface area contributed by atoms with E-state index < -0.39 is 6.10 Å². The fourth-order valence-corrected chi connectivity index (χ4v) is 12.1. The Kier molecular flexibility index (Phi) is 8.54. The van der Waals surface area contributed by atoms with E-state index in [4.69, 9.17) is 28.4 Å². The van der Waals surface area contributed by atoms with Crippen molar-refractivity contribution in [2.75, 3.05) is 39.6 Å². The molecule has 2 fully saturated rings. The van der Waals surface area contributed by atoms with Gasteiger partial charge < -0.3 is 33.5 Å². The summed E-state index contributed by atoms with van der Waals surface area (Å²) in [5.41, 5.74) is 10.6. The smallest absolute Gasteiger partial charge is 0.122 e. The zero-order valence-electron chi connectivity index (χ0n) is 35.6. The third kappa shape index (κ3) is 6.33. The number of hydrogen-bond donors (Lipinski definition) is 1. The SMILES string of the molecule is CC1(C)CC2(CC(C)(C)c3ccc(OCC4CO4)cc32)c2cc(OCC(O)COc3ccc4c(c3)C3(CC4(C)C)CC(C)(C)c4ccc(OCC5CO5)cc43)ccc21. The lowest BCUT2D eigenvalue weighted by Gasteiger charge is -2.31. The van der Waals surface area contributed by atoms with Gasteiger partial charge in [0.15, 0.2) is 0 Å². The molecule has 7 nitrogen and oxygen atoms in total. The summed E-state index contributed by atoms with van der Waals surface area (Å²) in [5.74, 6) is 3.37. The number of aliphatic hydroxyl groups is 1. The van der Waals surface area contributed by atoms with Crippen LogP contribution in [0.25, 0.3) is 0 Å². The normalized spacial score (nSPS) is 28.4. The van der Waals surface area contributed by atoms with Crippen LogP contribution in [0.3, 0.4) is 0 Å². The second-order valence-corrected chi connectivity index (χ2v) is 21.0. The number of aliphatic hydroxyl groups excluding tert-OH is 1. The van der Waals surface area contributed by atoms with E-state index in [0.717, 1.165) is 61.9 Å². The predicted molar refractivity (Wildman–Crippen MR) is 225 cm³/mol. The Balaban J connectivity index is 0.865. The van der Waals surface area contributed by atoms with Crippen molar-refractivity contribution in [3.63, 3.8) is 0 Å². The topological polar surface area (TPSA) is 82.2 Å². The summed E-state index contributed by atoms with van der Waals surface area (Å²) in [4.78, 5) is 0. The largest absolute Gasteiger partial charge is 0.491 e. The van der Waals surface area contributed by atoms with Crippen molar-refractivity contribution in [1.82, 2.24) is 0 Å². The first-order valence-electron chi connectivity index (χ1n) is 21.5. The molecule has 4 aromatic rings. The van der Waals surface area contributed by atoms with Crippen LogP contribution in [-0.4, -0.2) is 63.1 Å². The van der Waals surface area contributed by atoms with Gasteiger partial charge in [0.1, 0.15) is 67.7 Å². The highest BCUT2D eigenvalue weighted by molar-refractivity contribution is 5.63. The standard InChI is InChI=1S/C51H60O7/c1-46(2)27-50(29-48(5,6)40-15-11-34(19-44(40)50)55-23-36-25-57-36)42-17-32(9-13-38(42)46)53-21-31(52)22-54-33-10-14-39-43(18-33)51(28-47(39,3)4)30-49(7,8)41-16-12-35(20-45(41)51)56-24-37-26-58-37/h9-20,31,36-37,52H,21-30H2,1-8H3. The zero-order chi connectivity index (χ0) is 40.5. The van der Waals surface area contributed by atoms with Crippen molar-refractivity contribution in [2.45, 2.75) is 132 Å². The van der Waals surface area contributed by atoms with Crippen LogP contribution in [0.2, 0.25) is 0 Å². The second-order valence-electron chi connectivity index (χ2n) is 21.0. The van der Waals surface area contributed by atoms with Gasteiger partial charge in [-0.3, -0.25) is 0 Å². The first-order chi connectivity index (χ1) is 27.5. The molecule has 2 spiro atoms. The number of hydrogen-bond acceptors (Lipinski definition) is 7. The Morgan fingerprint density at radius 1 is 0.466 bits per heavy atom. The fourth-order valence-electron chi connectivity index (χ4n) is 12.1. The molecular weight excluding hydrogens is 725 g/mol. The van der Waals surface area contributed by atoms with Crippen molar-refractivity contribution in [3.8, 4) is 23.0 Å². The zero-order valence-corrected chi connectivity index (χ0v) is 35.6. The Hall–Kier alpha value is -4.04. The molecule has 4 atom stereocenters. The van der Waals surface area contributed by atoms with Crippen LogP contribution in [0.5, 0.6) is 23.0 Å². The molecule has 306 valence electrons. The van der Waals surface area contributed by atoms with Crippen molar-refractivity contribution < 1.29 is 33.5 Å². The Morgan fingerprint density at radius 2 is 0.741 bits per heavy atom. The van der Waals surface area contributed by atoms with Crippen LogP contribution in [0.1, 0.15) is 126 Å². The van der Waals surface area contributed by atoms with Crippen LogP contribution in [-0.2, 0) is 42.0 Å². The summed E-state index contributed by atoms with van der Waals surface area (Å²) in [5, 5.41) is 11.3. The van der Waals surface area contributed by atoms with E-state index in [-0.39, 0.29) is 57.9 Å². The third-order valence-corrected chi connectivity index (χ3v) is 14.5. The molecule has 7 heteroatoms. The molecule has 0 amide bonds. The Labute approximate surface area is 344 Å². The minimum atomic E-state index is -0.806. The van der Waals surface area contributed by atoms with E-state index in [1.165, 1.54) is 44.5 Å². The maximum Gasteiger partial charge on any atom is 0.122 e. The molecule has 10 rings (SSSR count). The molecule has 4 unspecified atom stereocenters. The van der Waals surface area contributed by atoms with Crippen molar-refractivity contribution in [2.24, 2.45) is 0 Å². The van der Waals surface area contributed by atoms with Gasteiger partial charge in [-0.25, -0.2) is 0 Å². The number of epoxide rings is 2. The van der Waals surface area contributed by atoms with Crippen LogP contribution in [0.4, 0.5) is 0 Å². The summed E-state index contributed by atoms with van der Waals surface area (Å²) >= 11 is 0. The highest BCUT2D eigenvalue weighted by Gasteiger charge is 2.58. The average Bonchev–Trinajstić information content (AvgIpc) is 4.11. The molecule has 0 aromatic heterocycles. The van der Waals surface area contributed by atoms with Crippen molar-refractivity contribution in [3.05, 3.63) is 117 Å². The Morgan fingerprint density at radius 3 is 1.02 bits per heavy atom. The van der Waals surface area contributed by atoms with Crippen molar-refractivity contribution in [1.29, 1.82) is 0 Å². The number of ether oxygens (including phenoxy) is 6. The minimum Gasteiger partial charge on any atom is -0.491 e. The molecule has 0 radical (unpaired) electrons. The Bertz CT molecular complexity index is 2110. The molecule has 1 N–H and O–H groups in total. The van der Waals surface area contributed by atoms with Crippen molar-refractivity contribution >= 4 is 0 Å². The van der Waals surface area contributed by atoms with E-state index in [2.05, 4.69) is 128 Å². The number of benzene rings is 4. The summed E-state index contributed by atoms with van der Waals surface area (Å²) in [6.45, 7) is 21.9. The van der Waals surface area contributed by atoms with Crippen LogP contribution >= 0.6 is 0 Å².